The standard InChI is InChI=1S/C32H47N5O3/c1-4-9-24-19-25(14-15-36(24)26-17-22-10-5-6-11-23(16-22)18-26)37-28-13-8-7-12-27(28)33-29(30(37)38)35-20-32(21-35,31(39)40)34(2)3/h7-8,12-13,22-26H,4-6,9-11,14-21H2,1-3H3,(H,39,40)/t22-,23+,24-,25-,26?/m1/s1. The lowest BCUT2D eigenvalue weighted by atomic mass is 9.76. The first-order chi connectivity index (χ1) is 19.3. The highest BCUT2D eigenvalue weighted by atomic mass is 16.4. The van der Waals surface area contributed by atoms with Gasteiger partial charge in [0.05, 0.1) is 24.1 Å². The van der Waals surface area contributed by atoms with Crippen LogP contribution in [0.1, 0.15) is 83.6 Å². The maximum absolute atomic E-state index is 14.2. The summed E-state index contributed by atoms with van der Waals surface area (Å²) in [5.41, 5.74) is 0.639. The predicted molar refractivity (Wildman–Crippen MR) is 159 cm³/mol. The molecule has 2 bridgehead atoms. The van der Waals surface area contributed by atoms with E-state index in [1.54, 1.807) is 19.0 Å². The number of aliphatic carboxylic acids is 1. The Morgan fingerprint density at radius 3 is 2.38 bits per heavy atom. The number of benzene rings is 1. The van der Waals surface area contributed by atoms with Crippen molar-refractivity contribution in [2.24, 2.45) is 11.8 Å². The van der Waals surface area contributed by atoms with Crippen LogP contribution in [0.3, 0.4) is 0 Å². The van der Waals surface area contributed by atoms with Gasteiger partial charge in [-0.25, -0.2) is 4.98 Å². The van der Waals surface area contributed by atoms with Gasteiger partial charge in [-0.2, -0.15) is 0 Å². The number of hydrogen-bond acceptors (Lipinski definition) is 6. The summed E-state index contributed by atoms with van der Waals surface area (Å²) in [7, 11) is 3.58. The number of para-hydroxylation sites is 2. The summed E-state index contributed by atoms with van der Waals surface area (Å²) in [6.45, 7) is 3.86. The number of nitrogens with zero attached hydrogens (tertiary/aromatic N) is 5. The molecular formula is C32H47N5O3. The molecule has 3 heterocycles. The second kappa shape index (κ2) is 11.1. The Hall–Kier alpha value is -2.45. The summed E-state index contributed by atoms with van der Waals surface area (Å²) in [5, 5.41) is 9.92. The summed E-state index contributed by atoms with van der Waals surface area (Å²) in [6.07, 6.45) is 14.1. The average molecular weight is 550 g/mol. The fraction of sp³-hybridized carbons (Fsp3) is 0.719. The molecule has 2 saturated heterocycles. The van der Waals surface area contributed by atoms with Gasteiger partial charge < -0.3 is 14.6 Å². The zero-order chi connectivity index (χ0) is 28.0. The zero-order valence-corrected chi connectivity index (χ0v) is 24.6. The van der Waals surface area contributed by atoms with Gasteiger partial charge in [0.1, 0.15) is 0 Å². The zero-order valence-electron chi connectivity index (χ0n) is 24.6. The first-order valence-electron chi connectivity index (χ1n) is 15.7. The van der Waals surface area contributed by atoms with Gasteiger partial charge in [-0.1, -0.05) is 51.2 Å². The Kier molecular flexibility index (Phi) is 7.68. The number of carboxylic acid groups (broad SMARTS) is 1. The van der Waals surface area contributed by atoms with Gasteiger partial charge in [0, 0.05) is 24.7 Å². The molecule has 1 N–H and O–H groups in total. The van der Waals surface area contributed by atoms with Crippen molar-refractivity contribution in [3.63, 3.8) is 0 Å². The van der Waals surface area contributed by atoms with Crippen molar-refractivity contribution in [3.05, 3.63) is 34.6 Å². The van der Waals surface area contributed by atoms with Gasteiger partial charge in [-0.15, -0.1) is 0 Å². The fourth-order valence-corrected chi connectivity index (χ4v) is 8.57. The van der Waals surface area contributed by atoms with Gasteiger partial charge in [0.25, 0.3) is 5.56 Å². The van der Waals surface area contributed by atoms with Gasteiger partial charge in [-0.05, 0) is 76.6 Å². The minimum atomic E-state index is -0.987. The lowest BCUT2D eigenvalue weighted by Gasteiger charge is -2.51. The van der Waals surface area contributed by atoms with E-state index in [0.717, 1.165) is 48.7 Å². The number of fused-ring (bicyclic) bond motifs is 3. The number of carbonyl (C=O) groups is 1. The van der Waals surface area contributed by atoms with Crippen LogP contribution in [0.25, 0.3) is 11.0 Å². The van der Waals surface area contributed by atoms with E-state index in [1.807, 2.05) is 33.7 Å². The maximum atomic E-state index is 14.2. The van der Waals surface area contributed by atoms with Gasteiger partial charge in [0.2, 0.25) is 0 Å². The number of piperidine rings is 1. The lowest BCUT2D eigenvalue weighted by Crippen LogP contribution is -2.73. The molecule has 0 amide bonds. The van der Waals surface area contributed by atoms with Gasteiger partial charge >= 0.3 is 5.97 Å². The number of carboxylic acids is 1. The van der Waals surface area contributed by atoms with Crippen LogP contribution in [-0.2, 0) is 4.79 Å². The Morgan fingerprint density at radius 2 is 1.73 bits per heavy atom. The molecule has 2 saturated carbocycles. The van der Waals surface area contributed by atoms with Crippen molar-refractivity contribution in [2.75, 3.05) is 38.6 Å². The van der Waals surface area contributed by atoms with Crippen molar-refractivity contribution in [3.8, 4) is 0 Å². The number of hydrogen-bond donors (Lipinski definition) is 1. The van der Waals surface area contributed by atoms with Gasteiger partial charge in [-0.3, -0.25) is 19.4 Å². The summed E-state index contributed by atoms with van der Waals surface area (Å²) in [4.78, 5) is 37.5. The molecule has 2 aromatic rings. The van der Waals surface area contributed by atoms with Crippen molar-refractivity contribution in [2.45, 2.75) is 101 Å². The molecule has 6 rings (SSSR count). The minimum absolute atomic E-state index is 0.0752. The van der Waals surface area contributed by atoms with Crippen LogP contribution in [0.15, 0.2) is 29.1 Å². The normalized spacial score (nSPS) is 30.7. The lowest BCUT2D eigenvalue weighted by molar-refractivity contribution is -0.151. The molecule has 1 aromatic heterocycles. The van der Waals surface area contributed by atoms with E-state index < -0.39 is 11.5 Å². The molecular weight excluding hydrogens is 502 g/mol. The van der Waals surface area contributed by atoms with Crippen LogP contribution >= 0.6 is 0 Å². The highest BCUT2D eigenvalue weighted by molar-refractivity contribution is 5.84. The van der Waals surface area contributed by atoms with Crippen molar-refractivity contribution < 1.29 is 9.90 Å². The SMILES string of the molecule is CCC[C@@H]1C[C@H](n2c(=O)c(N3CC(C(=O)O)(N(C)C)C3)nc3ccccc32)CCN1C1C[C@H]2CCCC[C@@H](C1)C2. The Bertz CT molecular complexity index is 1270. The molecule has 5 atom stereocenters. The first-order valence-corrected chi connectivity index (χ1v) is 15.7. The summed E-state index contributed by atoms with van der Waals surface area (Å²) in [5.74, 6) is 1.34. The Labute approximate surface area is 238 Å². The Morgan fingerprint density at radius 1 is 1.02 bits per heavy atom. The molecule has 218 valence electrons. The first kappa shape index (κ1) is 27.7. The molecule has 0 spiro atoms. The van der Waals surface area contributed by atoms with E-state index in [2.05, 4.69) is 11.8 Å². The van der Waals surface area contributed by atoms with E-state index in [9.17, 15) is 14.7 Å². The summed E-state index contributed by atoms with van der Waals surface area (Å²) in [6, 6.07) is 9.28. The molecule has 8 heteroatoms. The fourth-order valence-electron chi connectivity index (χ4n) is 8.57. The Balaban J connectivity index is 1.29. The van der Waals surface area contributed by atoms with Crippen LogP contribution in [0.2, 0.25) is 0 Å². The second-order valence-corrected chi connectivity index (χ2v) is 13.4. The average Bonchev–Trinajstić information content (AvgIpc) is 3.07. The number of likely N-dealkylation sites (tertiary alicyclic amines) is 1. The predicted octanol–water partition coefficient (Wildman–Crippen LogP) is 4.77. The van der Waals surface area contributed by atoms with Crippen molar-refractivity contribution in [1.29, 1.82) is 0 Å². The summed E-state index contributed by atoms with van der Waals surface area (Å²) < 4.78 is 2.02. The number of rotatable bonds is 7. The molecule has 4 fully saturated rings. The van der Waals surface area contributed by atoms with Crippen LogP contribution in [0.5, 0.6) is 0 Å². The largest absolute Gasteiger partial charge is 0.480 e. The smallest absolute Gasteiger partial charge is 0.327 e. The third-order valence-electron chi connectivity index (χ3n) is 10.8. The molecule has 2 aliphatic carbocycles. The van der Waals surface area contributed by atoms with Crippen LogP contribution < -0.4 is 10.5 Å². The van der Waals surface area contributed by atoms with Crippen molar-refractivity contribution >= 4 is 22.8 Å². The third-order valence-corrected chi connectivity index (χ3v) is 10.8. The third kappa shape index (κ3) is 4.85. The number of aromatic nitrogens is 2. The molecule has 8 nitrogen and oxygen atoms in total. The number of likely N-dealkylation sites (N-methyl/N-ethyl adjacent to an activating group) is 1. The summed E-state index contributed by atoms with van der Waals surface area (Å²) >= 11 is 0. The van der Waals surface area contributed by atoms with E-state index >= 15 is 0 Å². The quantitative estimate of drug-likeness (QED) is 0.533. The highest BCUT2D eigenvalue weighted by Gasteiger charge is 2.53. The van der Waals surface area contributed by atoms with E-state index in [0.29, 0.717) is 17.9 Å². The van der Waals surface area contributed by atoms with Crippen LogP contribution in [0, 0.1) is 11.8 Å². The van der Waals surface area contributed by atoms with Crippen molar-refractivity contribution in [1.82, 2.24) is 19.4 Å². The van der Waals surface area contributed by atoms with E-state index in [-0.39, 0.29) is 24.7 Å². The molecule has 1 unspecified atom stereocenters. The second-order valence-electron chi connectivity index (χ2n) is 13.4. The maximum Gasteiger partial charge on any atom is 0.327 e. The van der Waals surface area contributed by atoms with E-state index in [4.69, 9.17) is 4.98 Å². The molecule has 1 aromatic carbocycles. The molecule has 4 aliphatic rings. The topological polar surface area (TPSA) is 81.9 Å². The van der Waals surface area contributed by atoms with Crippen LogP contribution in [0.4, 0.5) is 5.82 Å². The monoisotopic (exact) mass is 549 g/mol. The molecule has 40 heavy (non-hydrogen) atoms. The number of anilines is 1. The highest BCUT2D eigenvalue weighted by Crippen LogP contribution is 2.43. The molecule has 2 aliphatic heterocycles. The molecule has 0 radical (unpaired) electrons. The van der Waals surface area contributed by atoms with Crippen LogP contribution in [-0.4, -0.2) is 81.8 Å². The van der Waals surface area contributed by atoms with E-state index in [1.165, 1.54) is 51.4 Å². The van der Waals surface area contributed by atoms with Gasteiger partial charge in [0.15, 0.2) is 11.4 Å². The minimum Gasteiger partial charge on any atom is -0.480 e.